The Labute approximate surface area is 143 Å². The summed E-state index contributed by atoms with van der Waals surface area (Å²) in [4.78, 5) is 23.3. The molecule has 2 N–H and O–H groups in total. The van der Waals surface area contributed by atoms with Gasteiger partial charge in [-0.15, -0.1) is 10.2 Å². The first-order valence-corrected chi connectivity index (χ1v) is 8.27. The number of hydrogen-bond acceptors (Lipinski definition) is 5. The minimum absolute atomic E-state index is 0.00615. The molecular formula is C15H17ClN4O2S. The van der Waals surface area contributed by atoms with E-state index in [1.807, 2.05) is 6.92 Å². The number of aryl methyl sites for hydroxylation is 1. The second-order valence-electron chi connectivity index (χ2n) is 5.06. The first-order chi connectivity index (χ1) is 10.9. The van der Waals surface area contributed by atoms with Gasteiger partial charge in [0.15, 0.2) is 10.9 Å². The van der Waals surface area contributed by atoms with Crippen molar-refractivity contribution in [2.24, 2.45) is 12.8 Å². The smallest absolute Gasteiger partial charge is 0.217 e. The zero-order chi connectivity index (χ0) is 17.0. The molecule has 23 heavy (non-hydrogen) atoms. The number of nitrogens with zero attached hydrogens (tertiary/aromatic N) is 3. The van der Waals surface area contributed by atoms with Gasteiger partial charge in [-0.1, -0.05) is 23.4 Å². The van der Waals surface area contributed by atoms with Crippen molar-refractivity contribution in [2.45, 2.75) is 30.2 Å². The molecule has 1 atom stereocenters. The van der Waals surface area contributed by atoms with Crippen LogP contribution in [-0.4, -0.2) is 31.7 Å². The number of primary amides is 1. The van der Waals surface area contributed by atoms with E-state index in [1.165, 1.54) is 11.8 Å². The second-order valence-corrected chi connectivity index (χ2v) is 6.80. The number of aromatic nitrogens is 3. The molecule has 1 aromatic carbocycles. The molecule has 1 aromatic heterocycles. The van der Waals surface area contributed by atoms with Gasteiger partial charge in [-0.2, -0.15) is 0 Å². The van der Waals surface area contributed by atoms with E-state index in [1.54, 1.807) is 35.9 Å². The molecule has 8 heteroatoms. The van der Waals surface area contributed by atoms with Crippen molar-refractivity contribution < 1.29 is 9.59 Å². The summed E-state index contributed by atoms with van der Waals surface area (Å²) in [5.41, 5.74) is 5.74. The molecule has 0 saturated carbocycles. The standard InChI is InChI=1S/C15H17ClN4O2S/c1-9(14(22)10-3-5-11(16)6-4-10)23-15-19-18-13(20(15)2)8-7-12(17)21/h3-6,9H,7-8H2,1-2H3,(H2,17,21)/t9-/m1/s1. The van der Waals surface area contributed by atoms with Crippen LogP contribution in [0.15, 0.2) is 29.4 Å². The molecule has 122 valence electrons. The maximum absolute atomic E-state index is 12.4. The summed E-state index contributed by atoms with van der Waals surface area (Å²) in [6.45, 7) is 1.82. The number of halogens is 1. The zero-order valence-electron chi connectivity index (χ0n) is 12.8. The Morgan fingerprint density at radius 2 is 1.96 bits per heavy atom. The van der Waals surface area contributed by atoms with Gasteiger partial charge in [0.25, 0.3) is 0 Å². The normalized spacial score (nSPS) is 12.1. The largest absolute Gasteiger partial charge is 0.370 e. The van der Waals surface area contributed by atoms with Crippen LogP contribution in [0.5, 0.6) is 0 Å². The van der Waals surface area contributed by atoms with E-state index in [4.69, 9.17) is 17.3 Å². The summed E-state index contributed by atoms with van der Waals surface area (Å²) < 4.78 is 1.78. The lowest BCUT2D eigenvalue weighted by atomic mass is 10.1. The number of carbonyl (C=O) groups excluding carboxylic acids is 2. The highest BCUT2D eigenvalue weighted by Crippen LogP contribution is 2.25. The minimum atomic E-state index is -0.381. The van der Waals surface area contributed by atoms with Crippen molar-refractivity contribution in [3.05, 3.63) is 40.7 Å². The number of amides is 1. The summed E-state index contributed by atoms with van der Waals surface area (Å²) >= 11 is 7.15. The average Bonchev–Trinajstić information content (AvgIpc) is 2.85. The minimum Gasteiger partial charge on any atom is -0.370 e. The highest BCUT2D eigenvalue weighted by molar-refractivity contribution is 8.00. The molecule has 0 fully saturated rings. The van der Waals surface area contributed by atoms with Crippen molar-refractivity contribution in [1.82, 2.24) is 14.8 Å². The molecule has 0 saturated heterocycles. The van der Waals surface area contributed by atoms with Crippen molar-refractivity contribution >= 4 is 35.1 Å². The number of Topliss-reactive ketones (excluding diaryl/α,β-unsaturated/α-hetero) is 1. The molecule has 0 bridgehead atoms. The van der Waals surface area contributed by atoms with Gasteiger partial charge >= 0.3 is 0 Å². The number of carbonyl (C=O) groups is 2. The van der Waals surface area contributed by atoms with Crippen LogP contribution in [0.3, 0.4) is 0 Å². The third kappa shape index (κ3) is 4.56. The number of hydrogen-bond donors (Lipinski definition) is 1. The summed E-state index contributed by atoms with van der Waals surface area (Å²) in [5.74, 6) is 0.277. The van der Waals surface area contributed by atoms with Gasteiger partial charge in [0.05, 0.1) is 5.25 Å². The van der Waals surface area contributed by atoms with Gasteiger partial charge in [0.2, 0.25) is 5.91 Å². The van der Waals surface area contributed by atoms with Crippen LogP contribution in [0.1, 0.15) is 29.5 Å². The molecule has 2 rings (SSSR count). The highest BCUT2D eigenvalue weighted by atomic mass is 35.5. The summed E-state index contributed by atoms with van der Waals surface area (Å²) in [5, 5.41) is 9.01. The monoisotopic (exact) mass is 352 g/mol. The fourth-order valence-electron chi connectivity index (χ4n) is 1.96. The van der Waals surface area contributed by atoms with Crippen LogP contribution < -0.4 is 5.73 Å². The molecule has 0 aliphatic carbocycles. The topological polar surface area (TPSA) is 90.9 Å². The van der Waals surface area contributed by atoms with Crippen LogP contribution in [-0.2, 0) is 18.3 Å². The third-order valence-electron chi connectivity index (χ3n) is 3.30. The molecule has 2 aromatic rings. The molecule has 1 heterocycles. The van der Waals surface area contributed by atoms with Crippen LogP contribution in [0.4, 0.5) is 0 Å². The highest BCUT2D eigenvalue weighted by Gasteiger charge is 2.20. The predicted molar refractivity (Wildman–Crippen MR) is 89.6 cm³/mol. The lowest BCUT2D eigenvalue weighted by Crippen LogP contribution is -2.15. The summed E-state index contributed by atoms with van der Waals surface area (Å²) in [6, 6.07) is 6.79. The number of nitrogens with two attached hydrogens (primary N) is 1. The van der Waals surface area contributed by atoms with E-state index in [0.29, 0.717) is 28.0 Å². The van der Waals surface area contributed by atoms with E-state index in [2.05, 4.69) is 10.2 Å². The van der Waals surface area contributed by atoms with Crippen molar-refractivity contribution in [2.75, 3.05) is 0 Å². The predicted octanol–water partition coefficient (Wildman–Crippen LogP) is 2.25. The van der Waals surface area contributed by atoms with E-state index >= 15 is 0 Å². The molecular weight excluding hydrogens is 336 g/mol. The fraction of sp³-hybridized carbons (Fsp3) is 0.333. The Kier molecular flexibility index (Phi) is 5.79. The van der Waals surface area contributed by atoms with Gasteiger partial charge < -0.3 is 10.3 Å². The molecule has 0 spiro atoms. The molecule has 0 unspecified atom stereocenters. The van der Waals surface area contributed by atoms with E-state index < -0.39 is 0 Å². The Morgan fingerprint density at radius 1 is 1.30 bits per heavy atom. The maximum atomic E-state index is 12.4. The quantitative estimate of drug-likeness (QED) is 0.609. The number of ketones is 1. The third-order valence-corrected chi connectivity index (χ3v) is 4.69. The number of thioether (sulfide) groups is 1. The van der Waals surface area contributed by atoms with Gasteiger partial charge in [-0.25, -0.2) is 0 Å². The van der Waals surface area contributed by atoms with Crippen molar-refractivity contribution in [3.63, 3.8) is 0 Å². The Morgan fingerprint density at radius 3 is 2.57 bits per heavy atom. The van der Waals surface area contributed by atoms with Gasteiger partial charge in [0, 0.05) is 30.5 Å². The lowest BCUT2D eigenvalue weighted by molar-refractivity contribution is -0.118. The van der Waals surface area contributed by atoms with Crippen molar-refractivity contribution in [1.29, 1.82) is 0 Å². The average molecular weight is 353 g/mol. The maximum Gasteiger partial charge on any atom is 0.217 e. The summed E-state index contributed by atoms with van der Waals surface area (Å²) in [7, 11) is 1.80. The number of rotatable bonds is 7. The van der Waals surface area contributed by atoms with Crippen LogP contribution in [0.2, 0.25) is 5.02 Å². The molecule has 6 nitrogen and oxygen atoms in total. The Bertz CT molecular complexity index is 715. The SMILES string of the molecule is C[C@@H](Sc1nnc(CCC(N)=O)n1C)C(=O)c1ccc(Cl)cc1. The molecule has 0 aliphatic heterocycles. The fourth-order valence-corrected chi connectivity index (χ4v) is 3.00. The van der Waals surface area contributed by atoms with Crippen molar-refractivity contribution in [3.8, 4) is 0 Å². The zero-order valence-corrected chi connectivity index (χ0v) is 14.4. The molecule has 0 radical (unpaired) electrons. The van der Waals surface area contributed by atoms with Gasteiger partial charge in [-0.3, -0.25) is 9.59 Å². The molecule has 1 amide bonds. The van der Waals surface area contributed by atoms with Crippen LogP contribution >= 0.6 is 23.4 Å². The number of benzene rings is 1. The second kappa shape index (κ2) is 7.61. The molecule has 0 aliphatic rings. The van der Waals surface area contributed by atoms with E-state index in [9.17, 15) is 9.59 Å². The summed E-state index contributed by atoms with van der Waals surface area (Å²) in [6.07, 6.45) is 0.648. The Hall–Kier alpha value is -1.86. The van der Waals surface area contributed by atoms with E-state index in [0.717, 1.165) is 0 Å². The van der Waals surface area contributed by atoms with Gasteiger partial charge in [-0.05, 0) is 31.2 Å². The van der Waals surface area contributed by atoms with E-state index in [-0.39, 0.29) is 23.4 Å². The van der Waals surface area contributed by atoms with Crippen LogP contribution in [0.25, 0.3) is 0 Å². The lowest BCUT2D eigenvalue weighted by Gasteiger charge is -2.10. The first kappa shape index (κ1) is 17.5. The first-order valence-electron chi connectivity index (χ1n) is 7.01. The van der Waals surface area contributed by atoms with Gasteiger partial charge in [0.1, 0.15) is 5.82 Å². The van der Waals surface area contributed by atoms with Crippen LogP contribution in [0, 0.1) is 0 Å². The Balaban J connectivity index is 2.05.